The molecular weight excluding hydrogens is 335 g/mol. The number of hydrogen-bond donors (Lipinski definition) is 2. The Labute approximate surface area is 146 Å². The number of aromatic amines is 1. The van der Waals surface area contributed by atoms with E-state index in [2.05, 4.69) is 20.4 Å². The molecule has 0 saturated carbocycles. The lowest BCUT2D eigenvalue weighted by Gasteiger charge is -2.04. The van der Waals surface area contributed by atoms with Gasteiger partial charge < -0.3 is 10.3 Å². The molecule has 0 unspecified atom stereocenters. The van der Waals surface area contributed by atoms with Gasteiger partial charge in [0, 0.05) is 12.3 Å². The number of anilines is 1. The monoisotopic (exact) mass is 346 g/mol. The van der Waals surface area contributed by atoms with Crippen LogP contribution in [0.2, 0.25) is 0 Å². The molecule has 0 aliphatic carbocycles. The maximum absolute atomic E-state index is 14.1. The minimum atomic E-state index is -0.577. The summed E-state index contributed by atoms with van der Waals surface area (Å²) in [6.07, 6.45) is 3.04. The van der Waals surface area contributed by atoms with Gasteiger partial charge in [-0.15, -0.1) is 5.10 Å². The molecule has 0 saturated heterocycles. The number of para-hydroxylation sites is 1. The largest absolute Gasteiger partial charge is 0.345 e. The predicted octanol–water partition coefficient (Wildman–Crippen LogP) is 3.01. The highest BCUT2D eigenvalue weighted by Gasteiger charge is 2.14. The number of carbonyl (C=O) groups is 1. The zero-order valence-electron chi connectivity index (χ0n) is 13.3. The van der Waals surface area contributed by atoms with E-state index in [1.54, 1.807) is 18.2 Å². The molecule has 0 spiro atoms. The van der Waals surface area contributed by atoms with E-state index in [0.29, 0.717) is 11.1 Å². The number of carbonyl (C=O) groups excluding carboxylic acids is 1. The van der Waals surface area contributed by atoms with Gasteiger partial charge in [-0.05, 0) is 30.3 Å². The van der Waals surface area contributed by atoms with E-state index in [1.807, 2.05) is 12.1 Å². The third kappa shape index (κ3) is 2.67. The highest BCUT2D eigenvalue weighted by atomic mass is 19.1. The fourth-order valence-corrected chi connectivity index (χ4v) is 2.62. The summed E-state index contributed by atoms with van der Waals surface area (Å²) in [5.41, 5.74) is 2.12. The Bertz CT molecular complexity index is 1170. The van der Waals surface area contributed by atoms with Gasteiger partial charge in [0.25, 0.3) is 5.91 Å². The summed E-state index contributed by atoms with van der Waals surface area (Å²) >= 11 is 0. The molecule has 4 aromatic rings. The summed E-state index contributed by atoms with van der Waals surface area (Å²) in [7, 11) is 0. The molecule has 0 fully saturated rings. The third-order valence-corrected chi connectivity index (χ3v) is 3.85. The van der Waals surface area contributed by atoms with Crippen molar-refractivity contribution in [2.24, 2.45) is 0 Å². The smallest absolute Gasteiger partial charge is 0.259 e. The average molecular weight is 346 g/mol. The van der Waals surface area contributed by atoms with Crippen LogP contribution in [0.15, 0.2) is 55.0 Å². The van der Waals surface area contributed by atoms with Gasteiger partial charge in [0.1, 0.15) is 17.0 Å². The van der Waals surface area contributed by atoms with Gasteiger partial charge in [0.2, 0.25) is 0 Å². The molecule has 2 N–H and O–H groups in total. The van der Waals surface area contributed by atoms with Gasteiger partial charge in [-0.25, -0.2) is 14.1 Å². The molecule has 1 amide bonds. The molecule has 4 rings (SSSR count). The molecule has 2 aromatic carbocycles. The van der Waals surface area contributed by atoms with Crippen molar-refractivity contribution in [3.8, 4) is 11.8 Å². The molecule has 0 bridgehead atoms. The number of halogens is 1. The van der Waals surface area contributed by atoms with Crippen LogP contribution in [-0.2, 0) is 0 Å². The first-order chi connectivity index (χ1) is 12.7. The third-order valence-electron chi connectivity index (χ3n) is 3.85. The van der Waals surface area contributed by atoms with Crippen LogP contribution in [0.1, 0.15) is 15.9 Å². The number of imidazole rings is 1. The van der Waals surface area contributed by atoms with Crippen LogP contribution in [-0.4, -0.2) is 25.7 Å². The highest BCUT2D eigenvalue weighted by molar-refractivity contribution is 6.11. The zero-order valence-corrected chi connectivity index (χ0v) is 13.3. The number of aromatic nitrogens is 4. The number of nitrogens with zero attached hydrogens (tertiary/aromatic N) is 4. The molecule has 2 aromatic heterocycles. The van der Waals surface area contributed by atoms with Crippen LogP contribution < -0.4 is 5.32 Å². The minimum Gasteiger partial charge on any atom is -0.345 e. The van der Waals surface area contributed by atoms with Crippen molar-refractivity contribution in [3.63, 3.8) is 0 Å². The minimum absolute atomic E-state index is 0.180. The molecule has 126 valence electrons. The van der Waals surface area contributed by atoms with E-state index in [0.717, 1.165) is 11.6 Å². The second-order valence-electron chi connectivity index (χ2n) is 5.48. The maximum atomic E-state index is 14.1. The molecule has 0 atom stereocenters. The number of hydrogen-bond acceptors (Lipinski definition) is 4. The topological polar surface area (TPSA) is 99.4 Å². The Balaban J connectivity index is 1.60. The first-order valence-corrected chi connectivity index (χ1v) is 7.65. The first kappa shape index (κ1) is 15.5. The Hall–Kier alpha value is -3.99. The zero-order chi connectivity index (χ0) is 18.1. The van der Waals surface area contributed by atoms with Crippen LogP contribution in [0.5, 0.6) is 0 Å². The van der Waals surface area contributed by atoms with Gasteiger partial charge in [-0.1, -0.05) is 6.07 Å². The van der Waals surface area contributed by atoms with Crippen molar-refractivity contribution in [1.82, 2.24) is 19.7 Å². The van der Waals surface area contributed by atoms with E-state index < -0.39 is 5.82 Å². The number of H-pyrrole nitrogens is 1. The summed E-state index contributed by atoms with van der Waals surface area (Å²) < 4.78 is 15.4. The predicted molar refractivity (Wildman–Crippen MR) is 92.3 cm³/mol. The number of fused-ring (bicyclic) bond motifs is 1. The summed E-state index contributed by atoms with van der Waals surface area (Å²) in [6.45, 7) is 0. The van der Waals surface area contributed by atoms with Gasteiger partial charge in [-0.2, -0.15) is 5.26 Å². The molecule has 2 heterocycles. The van der Waals surface area contributed by atoms with E-state index in [9.17, 15) is 9.18 Å². The number of benzene rings is 2. The lowest BCUT2D eigenvalue weighted by Crippen LogP contribution is -2.13. The van der Waals surface area contributed by atoms with Crippen molar-refractivity contribution in [3.05, 3.63) is 71.9 Å². The van der Waals surface area contributed by atoms with Crippen LogP contribution in [0.4, 0.5) is 10.2 Å². The summed E-state index contributed by atoms with van der Waals surface area (Å²) in [5.74, 6) is -0.675. The molecule has 7 nitrogen and oxygen atoms in total. The lowest BCUT2D eigenvalue weighted by molar-refractivity contribution is 0.102. The fraction of sp³-hybridized carbons (Fsp3) is 0. The van der Waals surface area contributed by atoms with Crippen molar-refractivity contribution >= 4 is 22.8 Å². The quantitative estimate of drug-likeness (QED) is 0.595. The molecule has 0 aliphatic heterocycles. The molecule has 0 aliphatic rings. The van der Waals surface area contributed by atoms with Gasteiger partial charge >= 0.3 is 0 Å². The van der Waals surface area contributed by atoms with Gasteiger partial charge in [0.05, 0.1) is 29.0 Å². The van der Waals surface area contributed by atoms with E-state index in [4.69, 9.17) is 5.26 Å². The Morgan fingerprint density at radius 1 is 1.27 bits per heavy atom. The van der Waals surface area contributed by atoms with Crippen LogP contribution in [0.25, 0.3) is 16.7 Å². The summed E-state index contributed by atoms with van der Waals surface area (Å²) in [4.78, 5) is 19.6. The standard InChI is InChI=1S/C18H11FN6O/c19-13-8-11(9-20)4-5-15(13)25-7-6-16(24-25)23-18(26)12-2-1-3-14-17(12)22-10-21-14/h1-8,10H,(H,21,22)(H,23,24,26). The van der Waals surface area contributed by atoms with Crippen molar-refractivity contribution in [2.75, 3.05) is 5.32 Å². The number of amides is 1. The normalized spacial score (nSPS) is 10.6. The van der Waals surface area contributed by atoms with E-state index in [1.165, 1.54) is 29.3 Å². The second-order valence-corrected chi connectivity index (χ2v) is 5.48. The first-order valence-electron chi connectivity index (χ1n) is 7.65. The van der Waals surface area contributed by atoms with Gasteiger partial charge in [0.15, 0.2) is 5.82 Å². The second kappa shape index (κ2) is 6.14. The Morgan fingerprint density at radius 2 is 2.15 bits per heavy atom. The fourth-order valence-electron chi connectivity index (χ4n) is 2.62. The van der Waals surface area contributed by atoms with E-state index in [-0.39, 0.29) is 23.0 Å². The summed E-state index contributed by atoms with van der Waals surface area (Å²) in [5, 5.41) is 15.6. The molecule has 0 radical (unpaired) electrons. The number of rotatable bonds is 3. The summed E-state index contributed by atoms with van der Waals surface area (Å²) in [6, 6.07) is 12.7. The van der Waals surface area contributed by atoms with E-state index >= 15 is 0 Å². The average Bonchev–Trinajstić information content (AvgIpc) is 3.30. The lowest BCUT2D eigenvalue weighted by atomic mass is 10.1. The number of nitrogens with one attached hydrogen (secondary N) is 2. The van der Waals surface area contributed by atoms with Crippen LogP contribution >= 0.6 is 0 Å². The molecular formula is C18H11FN6O. The SMILES string of the molecule is N#Cc1ccc(-n2ccc(NC(=O)c3cccc4[nH]cnc34)n2)c(F)c1. The Kier molecular flexibility index (Phi) is 3.67. The van der Waals surface area contributed by atoms with Crippen molar-refractivity contribution < 1.29 is 9.18 Å². The van der Waals surface area contributed by atoms with Crippen LogP contribution in [0, 0.1) is 17.1 Å². The van der Waals surface area contributed by atoms with Crippen LogP contribution in [0.3, 0.4) is 0 Å². The molecule has 26 heavy (non-hydrogen) atoms. The van der Waals surface area contributed by atoms with Crippen molar-refractivity contribution in [2.45, 2.75) is 0 Å². The maximum Gasteiger partial charge on any atom is 0.259 e. The number of nitriles is 1. The Morgan fingerprint density at radius 3 is 2.96 bits per heavy atom. The highest BCUT2D eigenvalue weighted by Crippen LogP contribution is 2.18. The van der Waals surface area contributed by atoms with Gasteiger partial charge in [-0.3, -0.25) is 4.79 Å². The van der Waals surface area contributed by atoms with Crippen molar-refractivity contribution in [1.29, 1.82) is 5.26 Å². The molecule has 8 heteroatoms.